The number of rotatable bonds is 6. The highest BCUT2D eigenvalue weighted by Crippen LogP contribution is 2.22. The third kappa shape index (κ3) is 4.91. The average Bonchev–Trinajstić information content (AvgIpc) is 2.60. The van der Waals surface area contributed by atoms with Crippen LogP contribution in [0.1, 0.15) is 5.56 Å². The van der Waals surface area contributed by atoms with Crippen LogP contribution in [0.4, 0.5) is 10.1 Å². The minimum Gasteiger partial charge on any atom is -0.546 e. The molecule has 6 nitrogen and oxygen atoms in total. The van der Waals surface area contributed by atoms with Crippen LogP contribution in [0.25, 0.3) is 6.08 Å². The highest BCUT2D eigenvalue weighted by Gasteiger charge is 2.13. The van der Waals surface area contributed by atoms with Crippen LogP contribution in [0.5, 0.6) is 5.75 Å². The zero-order valence-corrected chi connectivity index (χ0v) is 12.9. The Bertz CT molecular complexity index is 871. The quantitative estimate of drug-likeness (QED) is 0.635. The van der Waals surface area contributed by atoms with Crippen molar-refractivity contribution in [2.45, 2.75) is 0 Å². The van der Waals surface area contributed by atoms with E-state index in [-0.39, 0.29) is 17.0 Å². The molecular weight excluding hydrogens is 327 g/mol. The van der Waals surface area contributed by atoms with E-state index < -0.39 is 24.3 Å². The number of para-hydroxylation sites is 2. The Morgan fingerprint density at radius 1 is 1.20 bits per heavy atom. The summed E-state index contributed by atoms with van der Waals surface area (Å²) in [4.78, 5) is 22.7. The number of carbonyl (C=O) groups excluding carboxylic acids is 2. The molecule has 0 aromatic heterocycles. The van der Waals surface area contributed by atoms with E-state index in [1.807, 2.05) is 0 Å². The van der Waals surface area contributed by atoms with Gasteiger partial charge in [-0.3, -0.25) is 4.79 Å². The van der Waals surface area contributed by atoms with Gasteiger partial charge < -0.3 is 20.0 Å². The zero-order valence-electron chi connectivity index (χ0n) is 12.9. The molecule has 0 bridgehead atoms. The summed E-state index contributed by atoms with van der Waals surface area (Å²) in [5.74, 6) is -2.68. The van der Waals surface area contributed by atoms with Gasteiger partial charge >= 0.3 is 0 Å². The number of ether oxygens (including phenoxy) is 1. The Hall–Kier alpha value is -3.66. The summed E-state index contributed by atoms with van der Waals surface area (Å²) in [6.07, 6.45) is 1.22. The molecule has 0 aliphatic carbocycles. The van der Waals surface area contributed by atoms with Crippen LogP contribution in [0, 0.1) is 17.1 Å². The monoisotopic (exact) mass is 339 g/mol. The molecule has 0 saturated carbocycles. The normalized spacial score (nSPS) is 10.6. The van der Waals surface area contributed by atoms with Gasteiger partial charge in [-0.15, -0.1) is 0 Å². The predicted molar refractivity (Wildman–Crippen MR) is 85.6 cm³/mol. The van der Waals surface area contributed by atoms with Crippen molar-refractivity contribution in [1.82, 2.24) is 0 Å². The van der Waals surface area contributed by atoms with Crippen molar-refractivity contribution in [2.75, 3.05) is 11.9 Å². The Morgan fingerprint density at radius 2 is 1.88 bits per heavy atom. The van der Waals surface area contributed by atoms with Gasteiger partial charge in [0.2, 0.25) is 0 Å². The van der Waals surface area contributed by atoms with Gasteiger partial charge in [0.25, 0.3) is 5.91 Å². The van der Waals surface area contributed by atoms with Crippen LogP contribution in [0.3, 0.4) is 0 Å². The van der Waals surface area contributed by atoms with Crippen LogP contribution in [-0.4, -0.2) is 18.5 Å². The Kier molecular flexibility index (Phi) is 5.85. The summed E-state index contributed by atoms with van der Waals surface area (Å²) < 4.78 is 18.6. The molecule has 0 atom stereocenters. The van der Waals surface area contributed by atoms with E-state index in [9.17, 15) is 24.3 Å². The molecule has 126 valence electrons. The molecule has 0 saturated heterocycles. The second-order valence-electron chi connectivity index (χ2n) is 4.80. The van der Waals surface area contributed by atoms with E-state index in [0.717, 1.165) is 0 Å². The molecule has 0 radical (unpaired) electrons. The third-order valence-corrected chi connectivity index (χ3v) is 3.05. The van der Waals surface area contributed by atoms with Crippen molar-refractivity contribution >= 4 is 23.6 Å². The van der Waals surface area contributed by atoms with Gasteiger partial charge in [0.15, 0.2) is 0 Å². The summed E-state index contributed by atoms with van der Waals surface area (Å²) in [7, 11) is 0. The number of hydrogen-bond acceptors (Lipinski definition) is 5. The lowest BCUT2D eigenvalue weighted by molar-refractivity contribution is -0.307. The van der Waals surface area contributed by atoms with Crippen LogP contribution < -0.4 is 15.2 Å². The number of benzene rings is 2. The standard InChI is InChI=1S/C18H13FN2O4/c19-14-6-2-3-7-15(14)21-18(24)13(10-20)9-12-5-1-4-8-16(12)25-11-17(22)23/h1-9H,11H2,(H,21,24)(H,22,23)/p-1/b13-9+. The van der Waals surface area contributed by atoms with E-state index >= 15 is 0 Å². The lowest BCUT2D eigenvalue weighted by Gasteiger charge is -2.10. The summed E-state index contributed by atoms with van der Waals surface area (Å²) in [5.41, 5.74) is -0.0353. The number of anilines is 1. The molecule has 0 unspecified atom stereocenters. The molecule has 2 rings (SSSR count). The minimum atomic E-state index is -1.41. The van der Waals surface area contributed by atoms with Crippen molar-refractivity contribution in [3.05, 3.63) is 65.5 Å². The van der Waals surface area contributed by atoms with E-state index in [0.29, 0.717) is 5.56 Å². The van der Waals surface area contributed by atoms with Gasteiger partial charge in [0.05, 0.1) is 11.7 Å². The van der Waals surface area contributed by atoms with Gasteiger partial charge in [-0.2, -0.15) is 5.26 Å². The molecule has 25 heavy (non-hydrogen) atoms. The smallest absolute Gasteiger partial charge is 0.266 e. The summed E-state index contributed by atoms with van der Waals surface area (Å²) in [5, 5.41) is 22.0. The number of amides is 1. The summed E-state index contributed by atoms with van der Waals surface area (Å²) in [6.45, 7) is -0.672. The van der Waals surface area contributed by atoms with Crippen LogP contribution in [0.15, 0.2) is 54.1 Å². The molecule has 0 heterocycles. The number of carboxylic acid groups (broad SMARTS) is 1. The lowest BCUT2D eigenvalue weighted by atomic mass is 10.1. The van der Waals surface area contributed by atoms with E-state index in [2.05, 4.69) is 5.32 Å². The van der Waals surface area contributed by atoms with Crippen LogP contribution in [0.2, 0.25) is 0 Å². The molecule has 1 amide bonds. The maximum atomic E-state index is 13.6. The second-order valence-corrected chi connectivity index (χ2v) is 4.80. The number of halogens is 1. The SMILES string of the molecule is N#C/C(=C\c1ccccc1OCC(=O)[O-])C(=O)Nc1ccccc1F. The van der Waals surface area contributed by atoms with Crippen LogP contribution >= 0.6 is 0 Å². The number of hydrogen-bond donors (Lipinski definition) is 1. The number of nitrogens with zero attached hydrogens (tertiary/aromatic N) is 1. The molecule has 1 N–H and O–H groups in total. The Morgan fingerprint density at radius 3 is 2.56 bits per heavy atom. The van der Waals surface area contributed by atoms with E-state index in [1.165, 1.54) is 36.4 Å². The van der Waals surface area contributed by atoms with Gasteiger partial charge in [-0.05, 0) is 24.3 Å². The van der Waals surface area contributed by atoms with Crippen molar-refractivity contribution in [2.24, 2.45) is 0 Å². The van der Waals surface area contributed by atoms with E-state index in [4.69, 9.17) is 4.74 Å². The molecule has 0 fully saturated rings. The zero-order chi connectivity index (χ0) is 18.2. The average molecular weight is 339 g/mol. The number of aliphatic carboxylic acids is 1. The van der Waals surface area contributed by atoms with Crippen molar-refractivity contribution in [3.63, 3.8) is 0 Å². The Balaban J connectivity index is 2.25. The first kappa shape index (κ1) is 17.7. The van der Waals surface area contributed by atoms with Crippen molar-refractivity contribution in [1.29, 1.82) is 5.26 Å². The number of nitrogens with one attached hydrogen (secondary N) is 1. The molecule has 7 heteroatoms. The fourth-order valence-electron chi connectivity index (χ4n) is 1.92. The summed E-state index contributed by atoms with van der Waals surface area (Å²) in [6, 6.07) is 13.5. The largest absolute Gasteiger partial charge is 0.546 e. The predicted octanol–water partition coefficient (Wildman–Crippen LogP) is 1.50. The molecule has 0 spiro atoms. The first-order valence-corrected chi connectivity index (χ1v) is 7.10. The maximum absolute atomic E-state index is 13.6. The Labute approximate surface area is 142 Å². The first-order valence-electron chi connectivity index (χ1n) is 7.10. The first-order chi connectivity index (χ1) is 12.0. The maximum Gasteiger partial charge on any atom is 0.266 e. The summed E-state index contributed by atoms with van der Waals surface area (Å²) >= 11 is 0. The van der Waals surface area contributed by atoms with Crippen LogP contribution in [-0.2, 0) is 9.59 Å². The molecule has 2 aromatic carbocycles. The molecule has 0 aliphatic heterocycles. The molecule has 0 aliphatic rings. The lowest BCUT2D eigenvalue weighted by Crippen LogP contribution is -2.29. The third-order valence-electron chi connectivity index (χ3n) is 3.05. The highest BCUT2D eigenvalue weighted by atomic mass is 19.1. The number of nitriles is 1. The molecule has 2 aromatic rings. The fourth-order valence-corrected chi connectivity index (χ4v) is 1.92. The topological polar surface area (TPSA) is 102 Å². The fraction of sp³-hybridized carbons (Fsp3) is 0.0556. The number of carboxylic acids is 1. The molecular formula is C18H12FN2O4-. The van der Waals surface area contributed by atoms with Gasteiger partial charge in [0, 0.05) is 5.56 Å². The minimum absolute atomic E-state index is 0.0601. The highest BCUT2D eigenvalue weighted by molar-refractivity contribution is 6.09. The second kappa shape index (κ2) is 8.26. The van der Waals surface area contributed by atoms with Gasteiger partial charge in [-0.25, -0.2) is 4.39 Å². The van der Waals surface area contributed by atoms with Crippen molar-refractivity contribution < 1.29 is 23.8 Å². The van der Waals surface area contributed by atoms with Gasteiger partial charge in [0.1, 0.15) is 29.8 Å². The van der Waals surface area contributed by atoms with E-state index in [1.54, 1.807) is 24.3 Å². The number of carbonyl (C=O) groups is 2. The van der Waals surface area contributed by atoms with Gasteiger partial charge in [-0.1, -0.05) is 30.3 Å². The van der Waals surface area contributed by atoms with Crippen molar-refractivity contribution in [3.8, 4) is 11.8 Å².